The lowest BCUT2D eigenvalue weighted by Gasteiger charge is -2.12. The monoisotopic (exact) mass is 495 g/mol. The van der Waals surface area contributed by atoms with Crippen molar-refractivity contribution < 1.29 is 23.4 Å². The Morgan fingerprint density at radius 2 is 2.09 bits per heavy atom. The van der Waals surface area contributed by atoms with E-state index in [1.165, 1.54) is 19.2 Å². The molecule has 1 atom stereocenters. The Bertz CT molecular complexity index is 1460. The number of halogens is 2. The molecule has 11 heteroatoms. The van der Waals surface area contributed by atoms with Gasteiger partial charge < -0.3 is 19.3 Å². The molecule has 0 amide bonds. The summed E-state index contributed by atoms with van der Waals surface area (Å²) in [7, 11) is 1.47. The summed E-state index contributed by atoms with van der Waals surface area (Å²) in [6.07, 6.45) is 3.64. The molecule has 2 N–H and O–H groups in total. The number of aromatic nitrogens is 4. The van der Waals surface area contributed by atoms with Gasteiger partial charge in [-0.05, 0) is 48.2 Å². The van der Waals surface area contributed by atoms with E-state index in [4.69, 9.17) is 9.47 Å². The number of anilines is 1. The van der Waals surface area contributed by atoms with Gasteiger partial charge in [0.25, 0.3) is 0 Å². The lowest BCUT2D eigenvalue weighted by Crippen LogP contribution is -2.26. The molecule has 4 heterocycles. The average Bonchev–Trinajstić information content (AvgIpc) is 3.48. The molecule has 1 aliphatic heterocycles. The number of rotatable bonds is 5. The maximum Gasteiger partial charge on any atom is 0.237 e. The number of fused-ring (bicyclic) bond motifs is 1. The topological polar surface area (TPSA) is 93.8 Å². The molecule has 0 aliphatic carbocycles. The van der Waals surface area contributed by atoms with Gasteiger partial charge >= 0.3 is 0 Å². The standard InChI is InChI=1S/C24H19F2N5O3S/c1-33-23-20(30-35-21-4-2-16(25)11-18(21)26)10-15(12-28-23)19-3-5-22-27-13-17(31(22)29-19)6-7-24(32)8-9-34-14-24/h2-5,10-13,30,32H,8-9,14H2,1H3. The zero-order valence-electron chi connectivity index (χ0n) is 18.5. The fraction of sp³-hybridized carbons (Fsp3) is 0.208. The number of nitrogens with zero attached hydrogens (tertiary/aromatic N) is 4. The van der Waals surface area contributed by atoms with Gasteiger partial charge in [0.05, 0.1) is 37.1 Å². The van der Waals surface area contributed by atoms with Crippen LogP contribution in [0.25, 0.3) is 16.9 Å². The third-order valence-electron chi connectivity index (χ3n) is 5.29. The molecule has 4 aromatic rings. The van der Waals surface area contributed by atoms with E-state index in [0.717, 1.165) is 18.0 Å². The Morgan fingerprint density at radius 1 is 1.20 bits per heavy atom. The average molecular weight is 496 g/mol. The molecule has 0 radical (unpaired) electrons. The molecule has 1 fully saturated rings. The minimum absolute atomic E-state index is 0.169. The second-order valence-corrected chi connectivity index (χ2v) is 8.62. The first-order valence-electron chi connectivity index (χ1n) is 10.5. The molecule has 35 heavy (non-hydrogen) atoms. The minimum atomic E-state index is -1.18. The van der Waals surface area contributed by atoms with E-state index in [2.05, 4.69) is 31.6 Å². The molecule has 0 saturated carbocycles. The second-order valence-electron chi connectivity index (χ2n) is 7.78. The molecule has 178 valence electrons. The van der Waals surface area contributed by atoms with Crippen LogP contribution in [-0.4, -0.2) is 50.6 Å². The first-order chi connectivity index (χ1) is 16.9. The number of benzene rings is 1. The minimum Gasteiger partial charge on any atom is -0.480 e. The number of hydrogen-bond acceptors (Lipinski definition) is 8. The van der Waals surface area contributed by atoms with Crippen LogP contribution in [0, 0.1) is 23.5 Å². The molecular weight excluding hydrogens is 476 g/mol. The summed E-state index contributed by atoms with van der Waals surface area (Å²) < 4.78 is 42.4. The summed E-state index contributed by atoms with van der Waals surface area (Å²) in [5.41, 5.74) is 1.65. The highest BCUT2D eigenvalue weighted by Gasteiger charge is 2.30. The van der Waals surface area contributed by atoms with Crippen LogP contribution >= 0.6 is 11.9 Å². The van der Waals surface area contributed by atoms with Crippen molar-refractivity contribution in [1.29, 1.82) is 0 Å². The van der Waals surface area contributed by atoms with E-state index >= 15 is 0 Å². The van der Waals surface area contributed by atoms with Crippen LogP contribution in [0.3, 0.4) is 0 Å². The molecular formula is C24H19F2N5O3S. The third kappa shape index (κ3) is 4.90. The summed E-state index contributed by atoms with van der Waals surface area (Å²) in [5.74, 6) is 4.78. The van der Waals surface area contributed by atoms with Gasteiger partial charge in [-0.1, -0.05) is 5.92 Å². The van der Waals surface area contributed by atoms with E-state index in [1.807, 2.05) is 0 Å². The van der Waals surface area contributed by atoms with Gasteiger partial charge in [-0.25, -0.2) is 23.3 Å². The maximum atomic E-state index is 14.0. The molecule has 1 aliphatic rings. The lowest BCUT2D eigenvalue weighted by molar-refractivity contribution is 0.0765. The van der Waals surface area contributed by atoms with Crippen molar-refractivity contribution in [2.24, 2.45) is 0 Å². The van der Waals surface area contributed by atoms with Gasteiger partial charge in [-0.3, -0.25) is 0 Å². The van der Waals surface area contributed by atoms with Crippen LogP contribution in [0.5, 0.6) is 5.88 Å². The number of imidazole rings is 1. The van der Waals surface area contributed by atoms with Crippen LogP contribution in [0.15, 0.2) is 53.7 Å². The quantitative estimate of drug-likeness (QED) is 0.320. The maximum absolute atomic E-state index is 14.0. The fourth-order valence-electron chi connectivity index (χ4n) is 3.44. The summed E-state index contributed by atoms with van der Waals surface area (Å²) in [6.45, 7) is 0.635. The highest BCUT2D eigenvalue weighted by molar-refractivity contribution is 8.00. The van der Waals surface area contributed by atoms with Crippen LogP contribution in [-0.2, 0) is 4.74 Å². The zero-order chi connectivity index (χ0) is 24.4. The molecule has 5 rings (SSSR count). The van der Waals surface area contributed by atoms with Gasteiger partial charge in [0.1, 0.15) is 23.0 Å². The largest absolute Gasteiger partial charge is 0.480 e. The van der Waals surface area contributed by atoms with Crippen LogP contribution < -0.4 is 9.46 Å². The predicted octanol–water partition coefficient (Wildman–Crippen LogP) is 3.70. The van der Waals surface area contributed by atoms with E-state index in [0.29, 0.717) is 47.2 Å². The predicted molar refractivity (Wildman–Crippen MR) is 126 cm³/mol. The second kappa shape index (κ2) is 9.50. The summed E-state index contributed by atoms with van der Waals surface area (Å²) in [6, 6.07) is 8.69. The van der Waals surface area contributed by atoms with Crippen LogP contribution in [0.1, 0.15) is 12.1 Å². The van der Waals surface area contributed by atoms with Crippen molar-refractivity contribution in [2.75, 3.05) is 25.0 Å². The lowest BCUT2D eigenvalue weighted by atomic mass is 10.1. The number of aliphatic hydroxyl groups is 1. The van der Waals surface area contributed by atoms with Gasteiger partial charge in [0, 0.05) is 24.2 Å². The van der Waals surface area contributed by atoms with Crippen molar-refractivity contribution >= 4 is 23.3 Å². The van der Waals surface area contributed by atoms with Crippen molar-refractivity contribution in [2.45, 2.75) is 16.9 Å². The SMILES string of the molecule is COc1ncc(-c2ccc3ncc(C#CC4(O)CCOC4)n3n2)cc1NSc1ccc(F)cc1F. The zero-order valence-corrected chi connectivity index (χ0v) is 19.3. The summed E-state index contributed by atoms with van der Waals surface area (Å²) >= 11 is 0.967. The van der Waals surface area contributed by atoms with E-state index in [1.54, 1.807) is 35.1 Å². The molecule has 1 unspecified atom stereocenters. The Balaban J connectivity index is 1.44. The van der Waals surface area contributed by atoms with Crippen molar-refractivity contribution in [3.63, 3.8) is 0 Å². The highest BCUT2D eigenvalue weighted by Crippen LogP contribution is 2.32. The molecule has 8 nitrogen and oxygen atoms in total. The third-order valence-corrected chi connectivity index (χ3v) is 6.16. The summed E-state index contributed by atoms with van der Waals surface area (Å²) in [5, 5.41) is 15.1. The Hall–Kier alpha value is -3.72. The fourth-order valence-corrected chi connectivity index (χ4v) is 4.10. The normalized spacial score (nSPS) is 17.3. The number of pyridine rings is 1. The highest BCUT2D eigenvalue weighted by atomic mass is 32.2. The van der Waals surface area contributed by atoms with Crippen molar-refractivity contribution in [1.82, 2.24) is 19.6 Å². The Kier molecular flexibility index (Phi) is 6.25. The van der Waals surface area contributed by atoms with Gasteiger partial charge in [-0.2, -0.15) is 5.10 Å². The van der Waals surface area contributed by atoms with E-state index in [9.17, 15) is 13.9 Å². The van der Waals surface area contributed by atoms with E-state index in [-0.39, 0.29) is 11.5 Å². The Morgan fingerprint density at radius 3 is 2.86 bits per heavy atom. The summed E-state index contributed by atoms with van der Waals surface area (Å²) in [4.78, 5) is 8.85. The first-order valence-corrected chi connectivity index (χ1v) is 11.4. The number of ether oxygens (including phenoxy) is 2. The van der Waals surface area contributed by atoms with Crippen LogP contribution in [0.2, 0.25) is 0 Å². The van der Waals surface area contributed by atoms with Gasteiger partial charge in [-0.15, -0.1) is 0 Å². The number of methoxy groups -OCH3 is 1. The van der Waals surface area contributed by atoms with Crippen LogP contribution in [0.4, 0.5) is 14.5 Å². The van der Waals surface area contributed by atoms with Crippen molar-refractivity contribution in [3.05, 3.63) is 66.1 Å². The number of hydrogen-bond donors (Lipinski definition) is 2. The molecule has 3 aromatic heterocycles. The van der Waals surface area contributed by atoms with Gasteiger partial charge in [0.15, 0.2) is 11.2 Å². The van der Waals surface area contributed by atoms with E-state index < -0.39 is 17.2 Å². The molecule has 0 spiro atoms. The Labute approximate surface area is 203 Å². The van der Waals surface area contributed by atoms with Gasteiger partial charge in [0.2, 0.25) is 5.88 Å². The number of nitrogens with one attached hydrogen (secondary N) is 1. The molecule has 1 aromatic carbocycles. The smallest absolute Gasteiger partial charge is 0.237 e. The molecule has 0 bridgehead atoms. The first kappa shape index (κ1) is 23.0. The van der Waals surface area contributed by atoms with Crippen molar-refractivity contribution in [3.8, 4) is 29.0 Å². The molecule has 1 saturated heterocycles.